The Labute approximate surface area is 338 Å². The molecule has 3 heterocycles. The number of carbonyl (C=O) groups excluding carboxylic acids is 6. The number of benzene rings is 1. The standard InChI is InChI=1S/C44H55NO13/c1-21-14-13-15-22(2)42(52)45-29-20-30(47)32-33(37(29)50)39(57-43(53)28-16-11-10-12-17-28)26(6)40-34(32)41(51)44(8,58-40)55-19-18-31(54-9)23(3)38(56-27(7)46)25(5)36(49)24(4)35(21)48/h13-15,18-21,23-25,28,31,35-36,38,48-49H,10-12,16-17H2,1-9H3,(H,45,52)/t21-,23+,24+,25-,31-,35-,36-,38+,44-/m0/s1. The van der Waals surface area contributed by atoms with Crippen LogP contribution in [0.25, 0.3) is 0 Å². The highest BCUT2D eigenvalue weighted by Gasteiger charge is 2.52. The Morgan fingerprint density at radius 1 is 0.897 bits per heavy atom. The number of methoxy groups -OCH3 is 1. The Morgan fingerprint density at radius 3 is 2.21 bits per heavy atom. The van der Waals surface area contributed by atoms with Crippen molar-refractivity contribution in [1.82, 2.24) is 5.32 Å². The summed E-state index contributed by atoms with van der Waals surface area (Å²) in [6.07, 6.45) is 8.15. The first-order valence-electron chi connectivity index (χ1n) is 19.9. The number of aliphatic hydroxyl groups is 2. The summed E-state index contributed by atoms with van der Waals surface area (Å²) in [6.45, 7) is 12.5. The third kappa shape index (κ3) is 8.74. The normalized spacial score (nSPS) is 31.2. The molecule has 14 heteroatoms. The van der Waals surface area contributed by atoms with Crippen LogP contribution in [0.1, 0.15) is 117 Å². The van der Waals surface area contributed by atoms with Gasteiger partial charge in [0.25, 0.3) is 11.7 Å². The Morgan fingerprint density at radius 2 is 1.57 bits per heavy atom. The van der Waals surface area contributed by atoms with Crippen LogP contribution in [-0.4, -0.2) is 82.7 Å². The number of hydrogen-bond donors (Lipinski definition) is 3. The molecule has 5 aliphatic rings. The molecule has 1 saturated carbocycles. The van der Waals surface area contributed by atoms with E-state index in [1.807, 2.05) is 0 Å². The second-order valence-electron chi connectivity index (χ2n) is 16.1. The zero-order valence-corrected chi connectivity index (χ0v) is 34.6. The molecule has 1 aromatic carbocycles. The van der Waals surface area contributed by atoms with Crippen molar-refractivity contribution in [2.24, 2.45) is 29.6 Å². The zero-order valence-electron chi connectivity index (χ0n) is 34.6. The summed E-state index contributed by atoms with van der Waals surface area (Å²) in [4.78, 5) is 82.0. The van der Waals surface area contributed by atoms with Crippen LogP contribution < -0.4 is 14.8 Å². The Balaban J connectivity index is 1.63. The van der Waals surface area contributed by atoms with Crippen LogP contribution in [0, 0.1) is 36.5 Å². The number of rotatable bonds is 4. The molecule has 0 radical (unpaired) electrons. The summed E-state index contributed by atoms with van der Waals surface area (Å²) in [5.74, 6) is -9.72. The molecule has 0 saturated heterocycles. The maximum Gasteiger partial charge on any atom is 0.314 e. The molecule has 0 spiro atoms. The van der Waals surface area contributed by atoms with Gasteiger partial charge < -0.3 is 39.2 Å². The predicted molar refractivity (Wildman–Crippen MR) is 210 cm³/mol. The van der Waals surface area contributed by atoms with E-state index in [2.05, 4.69) is 5.32 Å². The summed E-state index contributed by atoms with van der Waals surface area (Å²) < 4.78 is 29.6. The largest absolute Gasteiger partial charge is 0.462 e. The van der Waals surface area contributed by atoms with E-state index in [0.717, 1.165) is 25.3 Å². The maximum atomic E-state index is 14.3. The minimum atomic E-state index is -2.07. The molecular weight excluding hydrogens is 750 g/mol. The van der Waals surface area contributed by atoms with Gasteiger partial charge in [-0.1, -0.05) is 65.2 Å². The molecule has 3 aliphatic heterocycles. The fourth-order valence-corrected chi connectivity index (χ4v) is 8.26. The smallest absolute Gasteiger partial charge is 0.314 e. The van der Waals surface area contributed by atoms with Crippen molar-refractivity contribution >= 4 is 35.2 Å². The summed E-state index contributed by atoms with van der Waals surface area (Å²) in [7, 11) is 1.43. The van der Waals surface area contributed by atoms with E-state index in [1.165, 1.54) is 53.2 Å². The van der Waals surface area contributed by atoms with E-state index in [1.54, 1.807) is 39.8 Å². The molecule has 1 aromatic rings. The maximum absolute atomic E-state index is 14.3. The van der Waals surface area contributed by atoms with Crippen LogP contribution >= 0.6 is 0 Å². The predicted octanol–water partition coefficient (Wildman–Crippen LogP) is 5.41. The van der Waals surface area contributed by atoms with Gasteiger partial charge in [-0.25, -0.2) is 0 Å². The lowest BCUT2D eigenvalue weighted by Crippen LogP contribution is -2.46. The van der Waals surface area contributed by atoms with E-state index in [0.29, 0.717) is 12.8 Å². The summed E-state index contributed by atoms with van der Waals surface area (Å²) in [6, 6.07) is 0. The number of Topliss-reactive ketones (excluding diaryl/α,β-unsaturated/α-hetero) is 2. The fourth-order valence-electron chi connectivity index (χ4n) is 8.26. The van der Waals surface area contributed by atoms with E-state index in [-0.39, 0.29) is 45.0 Å². The average Bonchev–Trinajstić information content (AvgIpc) is 3.46. The van der Waals surface area contributed by atoms with Crippen molar-refractivity contribution in [3.63, 3.8) is 0 Å². The molecule has 2 aliphatic carbocycles. The third-order valence-corrected chi connectivity index (χ3v) is 11.9. The van der Waals surface area contributed by atoms with Crippen LogP contribution in [0.15, 0.2) is 47.9 Å². The Kier molecular flexibility index (Phi) is 13.7. The number of carbonyl (C=O) groups is 6. The van der Waals surface area contributed by atoms with Gasteiger partial charge in [-0.05, 0) is 32.8 Å². The number of ether oxygens (including phenoxy) is 5. The highest BCUT2D eigenvalue weighted by molar-refractivity contribution is 6.31. The Bertz CT molecular complexity index is 1970. The van der Waals surface area contributed by atoms with Gasteiger partial charge in [-0.15, -0.1) is 0 Å². The highest BCUT2D eigenvalue weighted by atomic mass is 16.7. The number of amides is 1. The summed E-state index contributed by atoms with van der Waals surface area (Å²) in [5.41, 5.74) is -1.07. The first kappa shape index (κ1) is 44.2. The molecular formula is C44H55NO13. The Hall–Kier alpha value is -4.92. The quantitative estimate of drug-likeness (QED) is 0.258. The van der Waals surface area contributed by atoms with Gasteiger partial charge in [0, 0.05) is 61.8 Å². The molecule has 6 rings (SSSR count). The molecule has 0 aromatic heterocycles. The summed E-state index contributed by atoms with van der Waals surface area (Å²) in [5, 5.41) is 25.3. The van der Waals surface area contributed by atoms with Crippen molar-refractivity contribution in [3.8, 4) is 11.5 Å². The van der Waals surface area contributed by atoms with Crippen molar-refractivity contribution in [3.05, 3.63) is 70.2 Å². The minimum Gasteiger partial charge on any atom is -0.462 e. The molecule has 1 amide bonds. The van der Waals surface area contributed by atoms with Gasteiger partial charge in [-0.3, -0.25) is 28.8 Å². The molecule has 58 heavy (non-hydrogen) atoms. The van der Waals surface area contributed by atoms with Gasteiger partial charge in [0.2, 0.25) is 5.78 Å². The number of aliphatic hydroxyl groups excluding tert-OH is 2. The van der Waals surface area contributed by atoms with Gasteiger partial charge >= 0.3 is 17.7 Å². The van der Waals surface area contributed by atoms with E-state index in [9.17, 15) is 39.0 Å². The lowest BCUT2D eigenvalue weighted by Gasteiger charge is -2.38. The number of ketones is 3. The monoisotopic (exact) mass is 805 g/mol. The zero-order chi connectivity index (χ0) is 42.8. The second-order valence-corrected chi connectivity index (χ2v) is 16.1. The van der Waals surface area contributed by atoms with Gasteiger partial charge in [-0.2, -0.15) is 0 Å². The first-order valence-corrected chi connectivity index (χ1v) is 19.9. The van der Waals surface area contributed by atoms with Crippen LogP contribution in [-0.2, 0) is 28.6 Å². The molecule has 9 atom stereocenters. The van der Waals surface area contributed by atoms with Gasteiger partial charge in [0.1, 0.15) is 17.6 Å². The van der Waals surface area contributed by atoms with Crippen molar-refractivity contribution < 1.29 is 62.7 Å². The van der Waals surface area contributed by atoms with Gasteiger partial charge in [0.15, 0.2) is 5.78 Å². The molecule has 0 unspecified atom stereocenters. The molecule has 3 N–H and O–H groups in total. The topological polar surface area (TPSA) is 201 Å². The number of fused-ring (bicyclic) bond motifs is 14. The molecule has 1 fully saturated rings. The third-order valence-electron chi connectivity index (χ3n) is 11.9. The fraction of sp³-hybridized carbons (Fsp3) is 0.545. The minimum absolute atomic E-state index is 0.105. The highest BCUT2D eigenvalue weighted by Crippen LogP contribution is 2.48. The number of nitrogens with one attached hydrogen (secondary N) is 1. The number of allylic oxidation sites excluding steroid dienone is 4. The van der Waals surface area contributed by atoms with Crippen LogP contribution in [0.4, 0.5) is 0 Å². The van der Waals surface area contributed by atoms with E-state index >= 15 is 0 Å². The summed E-state index contributed by atoms with van der Waals surface area (Å²) >= 11 is 0. The number of hydrogen-bond acceptors (Lipinski definition) is 13. The van der Waals surface area contributed by atoms with Crippen LogP contribution in [0.5, 0.6) is 11.5 Å². The first-order chi connectivity index (χ1) is 27.3. The lowest BCUT2D eigenvalue weighted by atomic mass is 9.78. The van der Waals surface area contributed by atoms with E-state index in [4.69, 9.17) is 23.7 Å². The van der Waals surface area contributed by atoms with Crippen LogP contribution in [0.3, 0.4) is 0 Å². The van der Waals surface area contributed by atoms with Crippen molar-refractivity contribution in [2.75, 3.05) is 7.11 Å². The lowest BCUT2D eigenvalue weighted by molar-refractivity contribution is -0.160. The van der Waals surface area contributed by atoms with E-state index < -0.39 is 95.0 Å². The SMILES string of the molecule is CO[C@H]1C=CO[C@@]2(C)Oc3c(C)c(OC(=O)C4CCCCC4)c4c(c3C2=O)C(=O)C=C(NC(=O)C(C)=CC=C[C@H](C)[C@H](O)[C@@H](C)[C@H](O)[C@H](C)[C@H](OC(C)=O)[C@@H]1C)C4=O. The second kappa shape index (κ2) is 17.9. The van der Waals surface area contributed by atoms with Crippen molar-refractivity contribution in [2.45, 2.75) is 118 Å². The van der Waals surface area contributed by atoms with Crippen LogP contribution in [0.2, 0.25) is 0 Å². The van der Waals surface area contributed by atoms with Gasteiger partial charge in [0.05, 0.1) is 52.9 Å². The van der Waals surface area contributed by atoms with Crippen molar-refractivity contribution in [1.29, 1.82) is 0 Å². The average molecular weight is 806 g/mol. The molecule has 14 nitrogen and oxygen atoms in total. The molecule has 314 valence electrons. The number of esters is 2. The molecule has 5 bridgehead atoms.